The first-order chi connectivity index (χ1) is 12.1. The first-order valence-corrected chi connectivity index (χ1v) is 9.64. The SMILES string of the molecule is Cl.NC1CCC2CN(C(=O)C3CCCCN3Cc3ccc(F)cc3)CC12. The molecule has 0 radical (unpaired) electrons. The highest BCUT2D eigenvalue weighted by atomic mass is 35.5. The monoisotopic (exact) mass is 381 g/mol. The maximum Gasteiger partial charge on any atom is 0.239 e. The van der Waals surface area contributed by atoms with Crippen molar-refractivity contribution in [3.8, 4) is 0 Å². The largest absolute Gasteiger partial charge is 0.341 e. The summed E-state index contributed by atoms with van der Waals surface area (Å²) >= 11 is 0. The van der Waals surface area contributed by atoms with Crippen LogP contribution in [0.5, 0.6) is 0 Å². The fourth-order valence-electron chi connectivity index (χ4n) is 4.98. The number of rotatable bonds is 3. The number of nitrogens with zero attached hydrogens (tertiary/aromatic N) is 2. The van der Waals surface area contributed by atoms with Gasteiger partial charge in [-0.25, -0.2) is 4.39 Å². The van der Waals surface area contributed by atoms with Crippen molar-refractivity contribution in [2.75, 3.05) is 19.6 Å². The smallest absolute Gasteiger partial charge is 0.239 e. The van der Waals surface area contributed by atoms with Gasteiger partial charge in [0.15, 0.2) is 0 Å². The Balaban J connectivity index is 0.00000196. The van der Waals surface area contributed by atoms with Gasteiger partial charge < -0.3 is 10.6 Å². The molecule has 1 amide bonds. The first-order valence-electron chi connectivity index (χ1n) is 9.64. The Labute approximate surface area is 161 Å². The van der Waals surface area contributed by atoms with Gasteiger partial charge in [-0.3, -0.25) is 9.69 Å². The van der Waals surface area contributed by atoms with Crippen molar-refractivity contribution >= 4 is 18.3 Å². The lowest BCUT2D eigenvalue weighted by atomic mass is 9.98. The number of carbonyl (C=O) groups excluding carboxylic acids is 1. The minimum absolute atomic E-state index is 0. The quantitative estimate of drug-likeness (QED) is 0.875. The molecule has 4 nitrogen and oxygen atoms in total. The molecule has 1 saturated carbocycles. The molecular weight excluding hydrogens is 353 g/mol. The van der Waals surface area contributed by atoms with E-state index in [1.54, 1.807) is 0 Å². The van der Waals surface area contributed by atoms with Crippen LogP contribution in [-0.2, 0) is 11.3 Å². The van der Waals surface area contributed by atoms with Crippen LogP contribution in [-0.4, -0.2) is 47.4 Å². The maximum absolute atomic E-state index is 13.2. The number of fused-ring (bicyclic) bond motifs is 1. The van der Waals surface area contributed by atoms with Crippen molar-refractivity contribution in [1.29, 1.82) is 0 Å². The van der Waals surface area contributed by atoms with E-state index in [1.165, 1.54) is 18.6 Å². The lowest BCUT2D eigenvalue weighted by Crippen LogP contribution is -2.50. The molecule has 1 aliphatic carbocycles. The first kappa shape index (κ1) is 19.6. The molecular formula is C20H29ClFN3O. The van der Waals surface area contributed by atoms with Crippen molar-refractivity contribution in [3.05, 3.63) is 35.6 Å². The number of amides is 1. The lowest BCUT2D eigenvalue weighted by molar-refractivity contribution is -0.137. The van der Waals surface area contributed by atoms with Gasteiger partial charge in [-0.1, -0.05) is 18.6 Å². The van der Waals surface area contributed by atoms with Gasteiger partial charge in [0, 0.05) is 25.7 Å². The molecule has 0 bridgehead atoms. The Morgan fingerprint density at radius 3 is 2.62 bits per heavy atom. The second-order valence-electron chi connectivity index (χ2n) is 8.02. The molecule has 3 aliphatic rings. The maximum atomic E-state index is 13.2. The molecule has 1 aromatic rings. The highest BCUT2D eigenvalue weighted by Crippen LogP contribution is 2.38. The second-order valence-corrected chi connectivity index (χ2v) is 8.02. The van der Waals surface area contributed by atoms with E-state index in [0.29, 0.717) is 11.8 Å². The van der Waals surface area contributed by atoms with E-state index in [9.17, 15) is 9.18 Å². The van der Waals surface area contributed by atoms with Gasteiger partial charge in [0.1, 0.15) is 5.82 Å². The molecule has 0 aromatic heterocycles. The molecule has 1 aromatic carbocycles. The van der Waals surface area contributed by atoms with Crippen LogP contribution in [0.3, 0.4) is 0 Å². The summed E-state index contributed by atoms with van der Waals surface area (Å²) in [5.41, 5.74) is 7.29. The fraction of sp³-hybridized carbons (Fsp3) is 0.650. The third kappa shape index (κ3) is 3.90. The number of hydrogen-bond donors (Lipinski definition) is 1. The average molecular weight is 382 g/mol. The predicted octanol–water partition coefficient (Wildman–Crippen LogP) is 2.80. The van der Waals surface area contributed by atoms with Crippen LogP contribution in [0.1, 0.15) is 37.7 Å². The van der Waals surface area contributed by atoms with Gasteiger partial charge in [0.2, 0.25) is 5.91 Å². The zero-order valence-corrected chi connectivity index (χ0v) is 16.0. The number of hydrogen-bond acceptors (Lipinski definition) is 3. The van der Waals surface area contributed by atoms with Gasteiger partial charge >= 0.3 is 0 Å². The molecule has 4 atom stereocenters. The van der Waals surface area contributed by atoms with Gasteiger partial charge in [0.05, 0.1) is 6.04 Å². The Kier molecular flexibility index (Phi) is 6.21. The van der Waals surface area contributed by atoms with Gasteiger partial charge in [-0.05, 0) is 61.8 Å². The highest BCUT2D eigenvalue weighted by Gasteiger charge is 2.44. The van der Waals surface area contributed by atoms with Crippen LogP contribution in [0.15, 0.2) is 24.3 Å². The zero-order chi connectivity index (χ0) is 17.4. The molecule has 2 saturated heterocycles. The van der Waals surface area contributed by atoms with Gasteiger partial charge in [-0.2, -0.15) is 0 Å². The Morgan fingerprint density at radius 2 is 1.88 bits per heavy atom. The number of likely N-dealkylation sites (tertiary alicyclic amines) is 2. The normalized spacial score (nSPS) is 31.5. The van der Waals surface area contributed by atoms with Gasteiger partial charge in [-0.15, -0.1) is 12.4 Å². The van der Waals surface area contributed by atoms with E-state index in [4.69, 9.17) is 5.73 Å². The summed E-state index contributed by atoms with van der Waals surface area (Å²) in [5, 5.41) is 0. The average Bonchev–Trinajstić information content (AvgIpc) is 3.19. The summed E-state index contributed by atoms with van der Waals surface area (Å²) in [5.74, 6) is 1.17. The number of carbonyl (C=O) groups is 1. The summed E-state index contributed by atoms with van der Waals surface area (Å²) in [6.07, 6.45) is 5.44. The van der Waals surface area contributed by atoms with Crippen LogP contribution in [0, 0.1) is 17.7 Å². The zero-order valence-electron chi connectivity index (χ0n) is 15.1. The van der Waals surface area contributed by atoms with Crippen LogP contribution < -0.4 is 5.73 Å². The van der Waals surface area contributed by atoms with Crippen LogP contribution >= 0.6 is 12.4 Å². The molecule has 26 heavy (non-hydrogen) atoms. The molecule has 4 unspecified atom stereocenters. The van der Waals surface area contributed by atoms with E-state index >= 15 is 0 Å². The van der Waals surface area contributed by atoms with E-state index in [0.717, 1.165) is 57.4 Å². The molecule has 3 fully saturated rings. The molecule has 0 spiro atoms. The Bertz CT molecular complexity index is 626. The number of piperidine rings is 1. The van der Waals surface area contributed by atoms with E-state index in [1.807, 2.05) is 12.1 Å². The molecule has 6 heteroatoms. The van der Waals surface area contributed by atoms with Gasteiger partial charge in [0.25, 0.3) is 0 Å². The van der Waals surface area contributed by atoms with Crippen molar-refractivity contribution in [3.63, 3.8) is 0 Å². The number of benzene rings is 1. The summed E-state index contributed by atoms with van der Waals surface area (Å²) < 4.78 is 13.1. The summed E-state index contributed by atoms with van der Waals surface area (Å²) in [7, 11) is 0. The molecule has 2 aliphatic heterocycles. The van der Waals surface area contributed by atoms with Crippen molar-refractivity contribution < 1.29 is 9.18 Å². The third-order valence-corrected chi connectivity index (χ3v) is 6.42. The third-order valence-electron chi connectivity index (χ3n) is 6.42. The van der Waals surface area contributed by atoms with Crippen molar-refractivity contribution in [1.82, 2.24) is 9.80 Å². The Morgan fingerprint density at radius 1 is 1.12 bits per heavy atom. The summed E-state index contributed by atoms with van der Waals surface area (Å²) in [6.45, 7) is 3.38. The van der Waals surface area contributed by atoms with Crippen LogP contribution in [0.2, 0.25) is 0 Å². The topological polar surface area (TPSA) is 49.6 Å². The van der Waals surface area contributed by atoms with E-state index in [2.05, 4.69) is 9.80 Å². The van der Waals surface area contributed by atoms with E-state index < -0.39 is 0 Å². The second kappa shape index (κ2) is 8.24. The van der Waals surface area contributed by atoms with Crippen molar-refractivity contribution in [2.45, 2.75) is 50.7 Å². The van der Waals surface area contributed by atoms with E-state index in [-0.39, 0.29) is 36.2 Å². The standard InChI is InChI=1S/C20H28FN3O.ClH/c21-16-7-4-14(5-8-16)11-23-10-2-1-3-19(23)20(25)24-12-15-6-9-18(22)17(15)13-24;/h4-5,7-8,15,17-19H,1-3,6,9-13,22H2;1H. The Hall–Kier alpha value is -1.17. The summed E-state index contributed by atoms with van der Waals surface area (Å²) in [4.78, 5) is 17.5. The predicted molar refractivity (Wildman–Crippen MR) is 102 cm³/mol. The highest BCUT2D eigenvalue weighted by molar-refractivity contribution is 5.85. The van der Waals surface area contributed by atoms with Crippen LogP contribution in [0.25, 0.3) is 0 Å². The minimum atomic E-state index is -0.213. The number of nitrogens with two attached hydrogens (primary N) is 1. The molecule has 144 valence electrons. The minimum Gasteiger partial charge on any atom is -0.341 e. The van der Waals surface area contributed by atoms with Crippen molar-refractivity contribution in [2.24, 2.45) is 17.6 Å². The molecule has 4 rings (SSSR count). The summed E-state index contributed by atoms with van der Waals surface area (Å²) in [6, 6.07) is 6.88. The number of halogens is 2. The molecule has 2 heterocycles. The molecule has 2 N–H and O–H groups in total. The fourth-order valence-corrected chi connectivity index (χ4v) is 4.98. The lowest BCUT2D eigenvalue weighted by Gasteiger charge is -2.37. The van der Waals surface area contributed by atoms with Crippen LogP contribution in [0.4, 0.5) is 4.39 Å².